The van der Waals surface area contributed by atoms with Crippen molar-refractivity contribution in [3.05, 3.63) is 55.2 Å². The van der Waals surface area contributed by atoms with E-state index in [4.69, 9.17) is 10.5 Å². The summed E-state index contributed by atoms with van der Waals surface area (Å²) >= 11 is 0. The Balaban J connectivity index is 2.10. The van der Waals surface area contributed by atoms with E-state index in [1.165, 1.54) is 22.8 Å². The van der Waals surface area contributed by atoms with Crippen LogP contribution < -0.4 is 26.6 Å². The molecule has 3 N–H and O–H groups in total. The summed E-state index contributed by atoms with van der Waals surface area (Å²) < 4.78 is 6.87. The highest BCUT2D eigenvalue weighted by atomic mass is 16.6. The maximum atomic E-state index is 12.2. The van der Waals surface area contributed by atoms with Crippen LogP contribution in [0.5, 0.6) is 5.75 Å². The van der Waals surface area contributed by atoms with Gasteiger partial charge in [0, 0.05) is 19.7 Å². The van der Waals surface area contributed by atoms with Crippen LogP contribution in [0.4, 0.5) is 17.2 Å². The number of ether oxygens (including phenoxy) is 1. The first-order chi connectivity index (χ1) is 12.8. The smallest absolute Gasteiger partial charge is 0.330 e. The number of hydrogen-bond acceptors (Lipinski definition) is 7. The number of anilines is 2. The number of nitro groups is 1. The van der Waals surface area contributed by atoms with Gasteiger partial charge in [-0.3, -0.25) is 24.5 Å². The Bertz CT molecular complexity index is 921. The molecule has 0 bridgehead atoms. The fourth-order valence-electron chi connectivity index (χ4n) is 2.58. The third-order valence-corrected chi connectivity index (χ3v) is 4.05. The van der Waals surface area contributed by atoms with Crippen molar-refractivity contribution in [1.82, 2.24) is 9.55 Å². The first-order valence-electron chi connectivity index (χ1n) is 8.56. The Morgan fingerprint density at radius 1 is 1.37 bits per heavy atom. The normalized spacial score (nSPS) is 10.6. The molecule has 1 aromatic carbocycles. The Kier molecular flexibility index (Phi) is 6.58. The highest BCUT2D eigenvalue weighted by Gasteiger charge is 2.16. The van der Waals surface area contributed by atoms with Crippen molar-refractivity contribution in [3.8, 4) is 5.75 Å². The molecule has 27 heavy (non-hydrogen) atoms. The molecule has 10 nitrogen and oxygen atoms in total. The first kappa shape index (κ1) is 20.0. The van der Waals surface area contributed by atoms with E-state index in [0.29, 0.717) is 18.8 Å². The van der Waals surface area contributed by atoms with Crippen LogP contribution in [0.25, 0.3) is 0 Å². The van der Waals surface area contributed by atoms with Crippen LogP contribution in [-0.4, -0.2) is 34.7 Å². The molecule has 0 spiro atoms. The second kappa shape index (κ2) is 8.88. The van der Waals surface area contributed by atoms with Crippen molar-refractivity contribution < 1.29 is 9.66 Å². The molecule has 0 fully saturated rings. The van der Waals surface area contributed by atoms with Crippen molar-refractivity contribution in [2.75, 3.05) is 30.8 Å². The van der Waals surface area contributed by atoms with Gasteiger partial charge in [0.1, 0.15) is 23.9 Å². The van der Waals surface area contributed by atoms with E-state index in [2.05, 4.69) is 4.98 Å². The quantitative estimate of drug-likeness (QED) is 0.497. The number of nitrogens with two attached hydrogens (primary N) is 1. The number of aromatic amines is 1. The van der Waals surface area contributed by atoms with Gasteiger partial charge in [0.05, 0.1) is 17.5 Å². The minimum absolute atomic E-state index is 0.0652. The van der Waals surface area contributed by atoms with Gasteiger partial charge in [0.15, 0.2) is 0 Å². The zero-order chi connectivity index (χ0) is 20.0. The van der Waals surface area contributed by atoms with Crippen molar-refractivity contribution in [1.29, 1.82) is 0 Å². The fourth-order valence-corrected chi connectivity index (χ4v) is 2.58. The van der Waals surface area contributed by atoms with Crippen molar-refractivity contribution in [2.24, 2.45) is 0 Å². The zero-order valence-electron chi connectivity index (χ0n) is 15.3. The molecule has 0 saturated carbocycles. The minimum atomic E-state index is -0.567. The third kappa shape index (κ3) is 4.87. The molecule has 2 aromatic rings. The summed E-state index contributed by atoms with van der Waals surface area (Å²) in [5, 5.41) is 10.8. The van der Waals surface area contributed by atoms with E-state index in [1.807, 2.05) is 6.92 Å². The highest BCUT2D eigenvalue weighted by Crippen LogP contribution is 2.19. The summed E-state index contributed by atoms with van der Waals surface area (Å²) in [6, 6.07) is 5.84. The van der Waals surface area contributed by atoms with Crippen LogP contribution in [0.3, 0.4) is 0 Å². The van der Waals surface area contributed by atoms with E-state index < -0.39 is 16.2 Å². The Hall–Kier alpha value is -3.30. The molecule has 10 heteroatoms. The monoisotopic (exact) mass is 377 g/mol. The molecule has 0 saturated heterocycles. The summed E-state index contributed by atoms with van der Waals surface area (Å²) in [6.07, 6.45) is 1.64. The number of aromatic nitrogens is 2. The van der Waals surface area contributed by atoms with Gasteiger partial charge < -0.3 is 15.4 Å². The molecule has 0 radical (unpaired) electrons. The summed E-state index contributed by atoms with van der Waals surface area (Å²) in [4.78, 5) is 38.3. The van der Waals surface area contributed by atoms with Crippen LogP contribution in [-0.2, 0) is 6.54 Å². The lowest BCUT2D eigenvalue weighted by molar-refractivity contribution is -0.384. The van der Waals surface area contributed by atoms with Gasteiger partial charge in [-0.15, -0.1) is 0 Å². The molecule has 1 heterocycles. The number of likely N-dealkylation sites (N-methyl/N-ethyl adjacent to an activating group) is 1. The molecule has 0 unspecified atom stereocenters. The number of nitrogens with zero attached hydrogens (tertiary/aromatic N) is 3. The van der Waals surface area contributed by atoms with Crippen molar-refractivity contribution in [3.63, 3.8) is 0 Å². The number of unbranched alkanes of at least 4 members (excludes halogenated alkanes) is 1. The van der Waals surface area contributed by atoms with Crippen LogP contribution in [0.15, 0.2) is 33.9 Å². The molecular weight excluding hydrogens is 354 g/mol. The Morgan fingerprint density at radius 2 is 2.11 bits per heavy atom. The number of nitrogen functional groups attached to an aromatic ring is 1. The highest BCUT2D eigenvalue weighted by molar-refractivity contribution is 5.61. The molecule has 1 aromatic heterocycles. The standard InChI is InChI=1S/C17H23N5O5/c1-3-4-8-21-15(18)14(16(23)19-17(21)24)20(2)9-10-27-13-7-5-6-12(11-13)22(25)26/h5-7,11H,3-4,8-10,18H2,1-2H3,(H,19,23,24). The van der Waals surface area contributed by atoms with Crippen molar-refractivity contribution in [2.45, 2.75) is 26.3 Å². The second-order valence-corrected chi connectivity index (χ2v) is 6.02. The SMILES string of the molecule is CCCCn1c(N)c(N(C)CCOc2cccc([N+](=O)[O-])c2)c(=O)[nH]c1=O. The predicted octanol–water partition coefficient (Wildman–Crippen LogP) is 1.34. The van der Waals surface area contributed by atoms with Gasteiger partial charge in [-0.2, -0.15) is 0 Å². The van der Waals surface area contributed by atoms with Crippen LogP contribution in [0.1, 0.15) is 19.8 Å². The molecule has 0 atom stereocenters. The molecule has 0 aliphatic heterocycles. The van der Waals surface area contributed by atoms with E-state index in [9.17, 15) is 19.7 Å². The molecule has 2 rings (SSSR count). The van der Waals surface area contributed by atoms with E-state index in [1.54, 1.807) is 18.0 Å². The van der Waals surface area contributed by atoms with Gasteiger partial charge in [0.25, 0.3) is 11.2 Å². The maximum absolute atomic E-state index is 12.2. The zero-order valence-corrected chi connectivity index (χ0v) is 15.3. The van der Waals surface area contributed by atoms with Crippen LogP contribution in [0.2, 0.25) is 0 Å². The van der Waals surface area contributed by atoms with Gasteiger partial charge >= 0.3 is 5.69 Å². The summed E-state index contributed by atoms with van der Waals surface area (Å²) in [6.45, 7) is 2.88. The van der Waals surface area contributed by atoms with Gasteiger partial charge in [-0.25, -0.2) is 4.79 Å². The number of non-ortho nitro benzene ring substituents is 1. The molecule has 0 amide bonds. The lowest BCUT2D eigenvalue weighted by Crippen LogP contribution is -2.38. The van der Waals surface area contributed by atoms with Gasteiger partial charge in [-0.1, -0.05) is 19.4 Å². The fraction of sp³-hybridized carbons (Fsp3) is 0.412. The van der Waals surface area contributed by atoms with Gasteiger partial charge in [0.2, 0.25) is 0 Å². The number of benzene rings is 1. The van der Waals surface area contributed by atoms with Gasteiger partial charge in [-0.05, 0) is 12.5 Å². The van der Waals surface area contributed by atoms with Crippen molar-refractivity contribution >= 4 is 17.2 Å². The molecule has 0 aliphatic rings. The van der Waals surface area contributed by atoms with Crippen LogP contribution in [0, 0.1) is 10.1 Å². The number of rotatable bonds is 9. The molecule has 146 valence electrons. The largest absolute Gasteiger partial charge is 0.491 e. The van der Waals surface area contributed by atoms with E-state index in [0.717, 1.165) is 12.8 Å². The number of nitro benzene ring substituents is 1. The topological polar surface area (TPSA) is 136 Å². The predicted molar refractivity (Wildman–Crippen MR) is 103 cm³/mol. The summed E-state index contributed by atoms with van der Waals surface area (Å²) in [5.74, 6) is 0.461. The first-order valence-corrected chi connectivity index (χ1v) is 8.56. The van der Waals surface area contributed by atoms with Crippen LogP contribution >= 0.6 is 0 Å². The Labute approximate surface area is 155 Å². The third-order valence-electron chi connectivity index (χ3n) is 4.05. The summed E-state index contributed by atoms with van der Waals surface area (Å²) in [7, 11) is 1.66. The number of nitrogens with one attached hydrogen (secondary N) is 1. The molecular formula is C17H23N5O5. The summed E-state index contributed by atoms with van der Waals surface area (Å²) in [5.41, 5.74) is 5.07. The van der Waals surface area contributed by atoms with E-state index in [-0.39, 0.29) is 23.8 Å². The average Bonchev–Trinajstić information content (AvgIpc) is 2.61. The number of hydrogen-bond donors (Lipinski definition) is 2. The minimum Gasteiger partial charge on any atom is -0.491 e. The second-order valence-electron chi connectivity index (χ2n) is 6.02. The van der Waals surface area contributed by atoms with E-state index >= 15 is 0 Å². The molecule has 0 aliphatic carbocycles. The maximum Gasteiger partial charge on any atom is 0.330 e. The Morgan fingerprint density at radius 3 is 2.78 bits per heavy atom. The number of H-pyrrole nitrogens is 1. The average molecular weight is 377 g/mol. The lowest BCUT2D eigenvalue weighted by atomic mass is 10.3. The lowest BCUT2D eigenvalue weighted by Gasteiger charge is -2.21.